The van der Waals surface area contributed by atoms with Gasteiger partial charge in [0.05, 0.1) is 12.1 Å². The highest BCUT2D eigenvalue weighted by atomic mass is 16.4. The molecule has 222 valence electrons. The van der Waals surface area contributed by atoms with E-state index in [1.165, 1.54) is 30.4 Å². The summed E-state index contributed by atoms with van der Waals surface area (Å²) in [5.41, 5.74) is 8.88. The minimum atomic E-state index is -0.813. The smallest absolute Gasteiger partial charge is 0.307 e. The van der Waals surface area contributed by atoms with Crippen LogP contribution in [-0.2, 0) is 24.2 Å². The Morgan fingerprint density at radius 1 is 0.857 bits per heavy atom. The average molecular weight is 569 g/mol. The minimum absolute atomic E-state index is 0.0143. The fourth-order valence-corrected chi connectivity index (χ4v) is 6.97. The number of carboxylic acids is 1. The molecule has 3 aliphatic heterocycles. The number of carbonyl (C=O) groups is 1. The van der Waals surface area contributed by atoms with Crippen LogP contribution in [0.1, 0.15) is 74.0 Å². The van der Waals surface area contributed by atoms with Gasteiger partial charge in [-0.2, -0.15) is 0 Å². The first-order chi connectivity index (χ1) is 20.2. The van der Waals surface area contributed by atoms with E-state index in [4.69, 9.17) is 4.98 Å². The number of rotatable bonds is 6. The number of carboxylic acid groups (broad SMARTS) is 1. The summed E-state index contributed by atoms with van der Waals surface area (Å²) < 4.78 is 0. The number of nitrogens with zero attached hydrogens (tertiary/aromatic N) is 6. The molecule has 0 bridgehead atoms. The largest absolute Gasteiger partial charge is 0.481 e. The van der Waals surface area contributed by atoms with Gasteiger partial charge in [-0.1, -0.05) is 32.0 Å². The number of anilines is 3. The topological polar surface area (TPSA) is 85.7 Å². The molecule has 0 spiro atoms. The number of fused-ring (bicyclic) bond motifs is 1. The van der Waals surface area contributed by atoms with E-state index in [-0.39, 0.29) is 6.42 Å². The lowest BCUT2D eigenvalue weighted by molar-refractivity contribution is -0.136. The van der Waals surface area contributed by atoms with Crippen LogP contribution in [-0.4, -0.2) is 58.8 Å². The molecule has 8 heteroatoms. The molecule has 42 heavy (non-hydrogen) atoms. The van der Waals surface area contributed by atoms with E-state index in [1.54, 1.807) is 6.33 Å². The van der Waals surface area contributed by atoms with Crippen LogP contribution in [0.5, 0.6) is 0 Å². The van der Waals surface area contributed by atoms with Crippen molar-refractivity contribution in [2.75, 3.05) is 47.4 Å². The Balaban J connectivity index is 1.32. The Hall–Kier alpha value is -3.68. The van der Waals surface area contributed by atoms with Crippen LogP contribution in [0, 0.1) is 19.3 Å². The molecule has 2 aromatic heterocycles. The molecule has 3 aromatic rings. The second-order valence-electron chi connectivity index (χ2n) is 13.1. The van der Waals surface area contributed by atoms with Crippen LogP contribution < -0.4 is 14.7 Å². The highest BCUT2D eigenvalue weighted by molar-refractivity contribution is 5.86. The number of piperidine rings is 2. The summed E-state index contributed by atoms with van der Waals surface area (Å²) in [6.07, 6.45) is 8.55. The van der Waals surface area contributed by atoms with Gasteiger partial charge < -0.3 is 19.8 Å². The summed E-state index contributed by atoms with van der Waals surface area (Å²) in [4.78, 5) is 33.3. The van der Waals surface area contributed by atoms with Crippen molar-refractivity contribution in [1.82, 2.24) is 15.0 Å². The molecule has 2 saturated heterocycles. The molecule has 0 atom stereocenters. The Bertz CT molecular complexity index is 1470. The van der Waals surface area contributed by atoms with Crippen molar-refractivity contribution in [1.29, 1.82) is 0 Å². The molecule has 5 heterocycles. The molecule has 0 unspecified atom stereocenters. The normalized spacial score (nSPS) is 18.6. The lowest BCUT2D eigenvalue weighted by Gasteiger charge is -2.40. The number of hydrogen-bond acceptors (Lipinski definition) is 7. The van der Waals surface area contributed by atoms with Gasteiger partial charge in [-0.3, -0.25) is 9.78 Å². The fraction of sp³-hybridized carbons (Fsp3) is 0.529. The summed E-state index contributed by atoms with van der Waals surface area (Å²) in [5, 5.41) is 9.83. The maximum absolute atomic E-state index is 12.0. The summed E-state index contributed by atoms with van der Waals surface area (Å²) in [6, 6.07) is 8.95. The predicted octanol–water partition coefficient (Wildman–Crippen LogP) is 5.96. The number of pyridine rings is 1. The van der Waals surface area contributed by atoms with E-state index >= 15 is 0 Å². The second kappa shape index (κ2) is 11.5. The van der Waals surface area contributed by atoms with Gasteiger partial charge in [-0.15, -0.1) is 0 Å². The molecule has 6 rings (SSSR count). The van der Waals surface area contributed by atoms with Crippen LogP contribution in [0.15, 0.2) is 30.6 Å². The number of aryl methyl sites for hydroxylation is 2. The lowest BCUT2D eigenvalue weighted by Crippen LogP contribution is -2.38. The highest BCUT2D eigenvalue weighted by Gasteiger charge is 2.31. The predicted molar refractivity (Wildman–Crippen MR) is 169 cm³/mol. The molecule has 0 aliphatic carbocycles. The van der Waals surface area contributed by atoms with Crippen LogP contribution in [0.2, 0.25) is 0 Å². The summed E-state index contributed by atoms with van der Waals surface area (Å²) in [6.45, 7) is 14.4. The van der Waals surface area contributed by atoms with Crippen LogP contribution in [0.4, 0.5) is 17.3 Å². The van der Waals surface area contributed by atoms with Gasteiger partial charge in [0, 0.05) is 67.8 Å². The Labute approximate surface area is 249 Å². The van der Waals surface area contributed by atoms with Crippen molar-refractivity contribution in [3.8, 4) is 11.1 Å². The zero-order valence-electron chi connectivity index (χ0n) is 25.6. The minimum Gasteiger partial charge on any atom is -0.481 e. The fourth-order valence-electron chi connectivity index (χ4n) is 6.97. The van der Waals surface area contributed by atoms with Crippen molar-refractivity contribution in [2.45, 2.75) is 79.2 Å². The highest BCUT2D eigenvalue weighted by Crippen LogP contribution is 2.42. The molecular weight excluding hydrogens is 524 g/mol. The van der Waals surface area contributed by atoms with Gasteiger partial charge in [-0.05, 0) is 74.5 Å². The van der Waals surface area contributed by atoms with Gasteiger partial charge >= 0.3 is 5.97 Å². The number of benzene rings is 1. The van der Waals surface area contributed by atoms with Crippen LogP contribution >= 0.6 is 0 Å². The first-order valence-electron chi connectivity index (χ1n) is 15.6. The Kier molecular flexibility index (Phi) is 7.81. The molecule has 8 nitrogen and oxygen atoms in total. The number of aromatic nitrogens is 3. The maximum Gasteiger partial charge on any atom is 0.307 e. The third kappa shape index (κ3) is 5.81. The quantitative estimate of drug-likeness (QED) is 0.390. The van der Waals surface area contributed by atoms with Crippen molar-refractivity contribution < 1.29 is 9.90 Å². The summed E-state index contributed by atoms with van der Waals surface area (Å²) >= 11 is 0. The molecule has 2 fully saturated rings. The third-order valence-electron chi connectivity index (χ3n) is 9.57. The molecule has 3 aliphatic rings. The van der Waals surface area contributed by atoms with Gasteiger partial charge in [0.2, 0.25) is 0 Å². The standard InChI is InChI=1S/C34H44N6O2/c1-23-28(19-31(41)42)33(39-16-11-34(3,4)12-17-39)32(24(2)37-23)26-8-9-27-21-40(15-10-25(27)18-26)30-20-29(35-22-36-30)38-13-6-5-7-14-38/h8-9,18,20,22H,5-7,10-17,19,21H2,1-4H3,(H,41,42). The van der Waals surface area contributed by atoms with Gasteiger partial charge in [0.1, 0.15) is 18.0 Å². The SMILES string of the molecule is Cc1nc(C)c(-c2ccc3c(c2)CCN(c2cc(N4CCCCC4)ncn2)C3)c(N2CCC(C)(C)CC2)c1CC(=O)O. The van der Waals surface area contributed by atoms with Crippen molar-refractivity contribution in [3.63, 3.8) is 0 Å². The Morgan fingerprint density at radius 2 is 1.57 bits per heavy atom. The Morgan fingerprint density at radius 3 is 2.29 bits per heavy atom. The average Bonchev–Trinajstić information content (AvgIpc) is 2.98. The van der Waals surface area contributed by atoms with Crippen molar-refractivity contribution >= 4 is 23.3 Å². The molecule has 1 aromatic carbocycles. The van der Waals surface area contributed by atoms with Crippen molar-refractivity contribution in [2.24, 2.45) is 5.41 Å². The zero-order chi connectivity index (χ0) is 29.4. The summed E-state index contributed by atoms with van der Waals surface area (Å²) in [7, 11) is 0. The van der Waals surface area contributed by atoms with E-state index in [1.807, 2.05) is 6.92 Å². The molecule has 0 amide bonds. The first kappa shape index (κ1) is 28.4. The van der Waals surface area contributed by atoms with E-state index in [2.05, 4.69) is 69.7 Å². The maximum atomic E-state index is 12.0. The van der Waals surface area contributed by atoms with E-state index in [0.717, 1.165) is 104 Å². The monoisotopic (exact) mass is 568 g/mol. The van der Waals surface area contributed by atoms with E-state index in [9.17, 15) is 9.90 Å². The molecule has 1 N–H and O–H groups in total. The lowest BCUT2D eigenvalue weighted by atomic mass is 9.82. The van der Waals surface area contributed by atoms with Crippen molar-refractivity contribution in [3.05, 3.63) is 58.7 Å². The number of aliphatic carboxylic acids is 1. The summed E-state index contributed by atoms with van der Waals surface area (Å²) in [5.74, 6) is 1.22. The van der Waals surface area contributed by atoms with Gasteiger partial charge in [-0.25, -0.2) is 9.97 Å². The molecule has 0 radical (unpaired) electrons. The van der Waals surface area contributed by atoms with Gasteiger partial charge in [0.25, 0.3) is 0 Å². The second-order valence-corrected chi connectivity index (χ2v) is 13.1. The third-order valence-corrected chi connectivity index (χ3v) is 9.57. The zero-order valence-corrected chi connectivity index (χ0v) is 25.6. The van der Waals surface area contributed by atoms with Crippen LogP contribution in [0.3, 0.4) is 0 Å². The number of hydrogen-bond donors (Lipinski definition) is 1. The molecular formula is C34H44N6O2. The molecule has 0 saturated carbocycles. The van der Waals surface area contributed by atoms with Crippen LogP contribution in [0.25, 0.3) is 11.1 Å². The van der Waals surface area contributed by atoms with Gasteiger partial charge in [0.15, 0.2) is 0 Å². The van der Waals surface area contributed by atoms with E-state index in [0.29, 0.717) is 5.41 Å². The van der Waals surface area contributed by atoms with E-state index < -0.39 is 5.97 Å². The first-order valence-corrected chi connectivity index (χ1v) is 15.6.